The van der Waals surface area contributed by atoms with Crippen molar-refractivity contribution in [3.8, 4) is 5.75 Å². The number of carbonyl (C=O) groups is 4. The van der Waals surface area contributed by atoms with Gasteiger partial charge < -0.3 is 15.8 Å². The third kappa shape index (κ3) is 7.98. The van der Waals surface area contributed by atoms with Crippen molar-refractivity contribution in [3.63, 3.8) is 0 Å². The minimum absolute atomic E-state index is 0.0364. The van der Waals surface area contributed by atoms with Crippen LogP contribution in [0.1, 0.15) is 40.0 Å². The third-order valence-corrected chi connectivity index (χ3v) is 3.75. The minimum atomic E-state index is -1.19. The first-order chi connectivity index (χ1) is 13.0. The number of primary amides is 1. The van der Waals surface area contributed by atoms with Crippen LogP contribution in [-0.2, 0) is 19.2 Å². The SMILES string of the molecule is COc1ccc(NC(=O)CC/C(CC(=O)C(C)(C)C)=N/NC(=O)C(N)=O)cc1. The van der Waals surface area contributed by atoms with Crippen molar-refractivity contribution in [1.29, 1.82) is 0 Å². The highest BCUT2D eigenvalue weighted by molar-refractivity contribution is 6.34. The van der Waals surface area contributed by atoms with Crippen molar-refractivity contribution in [2.45, 2.75) is 40.0 Å². The van der Waals surface area contributed by atoms with Gasteiger partial charge >= 0.3 is 11.8 Å². The highest BCUT2D eigenvalue weighted by Gasteiger charge is 2.23. The summed E-state index contributed by atoms with van der Waals surface area (Å²) in [4.78, 5) is 46.5. The lowest BCUT2D eigenvalue weighted by Gasteiger charge is -2.17. The van der Waals surface area contributed by atoms with Crippen molar-refractivity contribution in [2.75, 3.05) is 12.4 Å². The van der Waals surface area contributed by atoms with Crippen LogP contribution in [0.15, 0.2) is 29.4 Å². The van der Waals surface area contributed by atoms with Gasteiger partial charge in [0.2, 0.25) is 5.91 Å². The van der Waals surface area contributed by atoms with Gasteiger partial charge in [0.25, 0.3) is 0 Å². The predicted molar refractivity (Wildman–Crippen MR) is 105 cm³/mol. The van der Waals surface area contributed by atoms with Gasteiger partial charge in [-0.25, -0.2) is 5.43 Å². The Bertz CT molecular complexity index is 764. The average Bonchev–Trinajstić information content (AvgIpc) is 2.63. The van der Waals surface area contributed by atoms with Crippen LogP contribution in [0, 0.1) is 5.41 Å². The molecule has 0 aliphatic rings. The molecule has 0 spiro atoms. The number of anilines is 1. The van der Waals surface area contributed by atoms with E-state index in [0.717, 1.165) is 0 Å². The van der Waals surface area contributed by atoms with Gasteiger partial charge in [0.1, 0.15) is 11.5 Å². The van der Waals surface area contributed by atoms with E-state index < -0.39 is 17.2 Å². The molecule has 0 saturated heterocycles. The van der Waals surface area contributed by atoms with E-state index in [1.54, 1.807) is 52.1 Å². The molecule has 0 aromatic heterocycles. The van der Waals surface area contributed by atoms with Crippen LogP contribution in [0.3, 0.4) is 0 Å². The number of nitrogens with two attached hydrogens (primary N) is 1. The van der Waals surface area contributed by atoms with Gasteiger partial charge in [0.05, 0.1) is 7.11 Å². The summed E-state index contributed by atoms with van der Waals surface area (Å²) in [5, 5.41) is 6.52. The lowest BCUT2D eigenvalue weighted by atomic mass is 9.87. The summed E-state index contributed by atoms with van der Waals surface area (Å²) in [6, 6.07) is 6.82. The largest absolute Gasteiger partial charge is 0.497 e. The molecular weight excluding hydrogens is 364 g/mol. The fourth-order valence-electron chi connectivity index (χ4n) is 1.97. The number of ketones is 1. The van der Waals surface area contributed by atoms with E-state index in [-0.39, 0.29) is 36.7 Å². The van der Waals surface area contributed by atoms with Gasteiger partial charge in [-0.1, -0.05) is 20.8 Å². The summed E-state index contributed by atoms with van der Waals surface area (Å²) < 4.78 is 5.05. The normalized spacial score (nSPS) is 11.5. The molecule has 0 fully saturated rings. The number of carbonyl (C=O) groups excluding carboxylic acids is 4. The van der Waals surface area contributed by atoms with Crippen LogP contribution in [-0.4, -0.2) is 36.3 Å². The van der Waals surface area contributed by atoms with Gasteiger partial charge in [-0.2, -0.15) is 5.10 Å². The predicted octanol–water partition coefficient (Wildman–Crippen LogP) is 1.38. The number of rotatable bonds is 8. The molecule has 9 heteroatoms. The van der Waals surface area contributed by atoms with Crippen LogP contribution in [0.25, 0.3) is 0 Å². The molecule has 1 rings (SSSR count). The fraction of sp³-hybridized carbons (Fsp3) is 0.421. The molecule has 9 nitrogen and oxygen atoms in total. The van der Waals surface area contributed by atoms with E-state index in [2.05, 4.69) is 10.4 Å². The van der Waals surface area contributed by atoms with E-state index in [9.17, 15) is 19.2 Å². The first-order valence-electron chi connectivity index (χ1n) is 8.65. The summed E-state index contributed by atoms with van der Waals surface area (Å²) in [6.07, 6.45) is 0.107. The molecule has 152 valence electrons. The van der Waals surface area contributed by atoms with Crippen molar-refractivity contribution in [3.05, 3.63) is 24.3 Å². The van der Waals surface area contributed by atoms with Gasteiger partial charge in [0, 0.05) is 29.7 Å². The second-order valence-corrected chi connectivity index (χ2v) is 7.11. The number of methoxy groups -OCH3 is 1. The number of Topliss-reactive ketones (excluding diaryl/α,β-unsaturated/α-hetero) is 1. The number of hydrogen-bond acceptors (Lipinski definition) is 6. The molecule has 1 aromatic rings. The zero-order chi connectivity index (χ0) is 21.3. The standard InChI is InChI=1S/C19H26N4O5/c1-19(2,3)15(24)11-13(22-23-18(27)17(20)26)7-10-16(25)21-12-5-8-14(28-4)9-6-12/h5-6,8-9H,7,10-11H2,1-4H3,(H2,20,26)(H,21,25)(H,23,27)/b22-13-. The Hall–Kier alpha value is -3.23. The van der Waals surface area contributed by atoms with Crippen LogP contribution >= 0.6 is 0 Å². The first-order valence-corrected chi connectivity index (χ1v) is 8.65. The minimum Gasteiger partial charge on any atom is -0.497 e. The van der Waals surface area contributed by atoms with E-state index in [0.29, 0.717) is 11.4 Å². The fourth-order valence-corrected chi connectivity index (χ4v) is 1.97. The molecule has 0 aliphatic heterocycles. The Morgan fingerprint density at radius 1 is 1.07 bits per heavy atom. The topological polar surface area (TPSA) is 140 Å². The Labute approximate surface area is 163 Å². The Morgan fingerprint density at radius 2 is 1.68 bits per heavy atom. The summed E-state index contributed by atoms with van der Waals surface area (Å²) in [5.74, 6) is -2.03. The van der Waals surface area contributed by atoms with E-state index in [1.807, 2.05) is 5.43 Å². The molecule has 0 unspecified atom stereocenters. The number of ether oxygens (including phenoxy) is 1. The quantitative estimate of drug-likeness (QED) is 0.349. The number of nitrogens with zero attached hydrogens (tertiary/aromatic N) is 1. The molecule has 4 N–H and O–H groups in total. The summed E-state index contributed by atoms with van der Waals surface area (Å²) in [6.45, 7) is 5.27. The smallest absolute Gasteiger partial charge is 0.329 e. The molecule has 0 atom stereocenters. The van der Waals surface area contributed by atoms with E-state index in [4.69, 9.17) is 10.5 Å². The van der Waals surface area contributed by atoms with Crippen LogP contribution in [0.2, 0.25) is 0 Å². The monoisotopic (exact) mass is 390 g/mol. The Morgan fingerprint density at radius 3 is 2.18 bits per heavy atom. The molecule has 0 aliphatic carbocycles. The van der Waals surface area contributed by atoms with Crippen LogP contribution in [0.5, 0.6) is 5.75 Å². The lowest BCUT2D eigenvalue weighted by Crippen LogP contribution is -2.34. The maximum Gasteiger partial charge on any atom is 0.329 e. The lowest BCUT2D eigenvalue weighted by molar-refractivity contribution is -0.137. The van der Waals surface area contributed by atoms with Crippen LogP contribution in [0.4, 0.5) is 5.69 Å². The number of hydrazone groups is 1. The molecule has 0 bridgehead atoms. The zero-order valence-corrected chi connectivity index (χ0v) is 16.5. The van der Waals surface area contributed by atoms with Crippen molar-refractivity contribution in [2.24, 2.45) is 16.3 Å². The molecule has 1 aromatic carbocycles. The first kappa shape index (κ1) is 22.8. The molecular formula is C19H26N4O5. The molecule has 3 amide bonds. The van der Waals surface area contributed by atoms with Crippen LogP contribution < -0.4 is 21.2 Å². The summed E-state index contributed by atoms with van der Waals surface area (Å²) >= 11 is 0. The Balaban J connectivity index is 2.74. The second-order valence-electron chi connectivity index (χ2n) is 7.11. The maximum absolute atomic E-state index is 12.3. The number of benzene rings is 1. The van der Waals surface area contributed by atoms with Crippen molar-refractivity contribution >= 4 is 34.9 Å². The molecule has 0 heterocycles. The highest BCUT2D eigenvalue weighted by atomic mass is 16.5. The molecule has 28 heavy (non-hydrogen) atoms. The number of nitrogens with one attached hydrogen (secondary N) is 2. The van der Waals surface area contributed by atoms with Crippen molar-refractivity contribution in [1.82, 2.24) is 5.43 Å². The van der Waals surface area contributed by atoms with E-state index in [1.165, 1.54) is 0 Å². The highest BCUT2D eigenvalue weighted by Crippen LogP contribution is 2.18. The molecule has 0 saturated carbocycles. The number of hydrogen-bond donors (Lipinski definition) is 3. The van der Waals surface area contributed by atoms with Gasteiger partial charge in [0.15, 0.2) is 0 Å². The number of amides is 3. The van der Waals surface area contributed by atoms with Crippen molar-refractivity contribution < 1.29 is 23.9 Å². The summed E-state index contributed by atoms with van der Waals surface area (Å²) in [5.41, 5.74) is 7.12. The average molecular weight is 390 g/mol. The second kappa shape index (κ2) is 10.2. The third-order valence-electron chi connectivity index (χ3n) is 3.75. The van der Waals surface area contributed by atoms with E-state index >= 15 is 0 Å². The maximum atomic E-state index is 12.3. The van der Waals surface area contributed by atoms with Gasteiger partial charge in [-0.3, -0.25) is 19.2 Å². The molecule has 0 radical (unpaired) electrons. The zero-order valence-electron chi connectivity index (χ0n) is 16.5. The Kier molecular flexibility index (Phi) is 8.30. The van der Waals surface area contributed by atoms with Gasteiger partial charge in [-0.05, 0) is 30.7 Å². The van der Waals surface area contributed by atoms with Gasteiger partial charge in [-0.15, -0.1) is 0 Å². The summed E-state index contributed by atoms with van der Waals surface area (Å²) in [7, 11) is 1.55.